The minimum atomic E-state index is -3.92. The number of nitrogens with one attached hydrogen (secondary N) is 1. The number of phenolic OH excluding ortho intramolecular Hbond substituents is 1. The third kappa shape index (κ3) is 7.49. The predicted molar refractivity (Wildman–Crippen MR) is 144 cm³/mol. The molecule has 1 amide bonds. The Morgan fingerprint density at radius 2 is 1.90 bits per heavy atom. The highest BCUT2D eigenvalue weighted by Gasteiger charge is 2.44. The molecule has 0 aromatic heterocycles. The fourth-order valence-corrected chi connectivity index (χ4v) is 6.71. The molecule has 0 spiro atoms. The molecule has 2 fully saturated rings. The lowest BCUT2D eigenvalue weighted by Gasteiger charge is -2.31. The van der Waals surface area contributed by atoms with E-state index >= 15 is 0 Å². The minimum absolute atomic E-state index is 0.00537. The van der Waals surface area contributed by atoms with Crippen LogP contribution >= 0.6 is 0 Å². The highest BCUT2D eigenvalue weighted by Crippen LogP contribution is 2.33. The van der Waals surface area contributed by atoms with Gasteiger partial charge in [-0.25, -0.2) is 13.2 Å². The molecule has 39 heavy (non-hydrogen) atoms. The second kappa shape index (κ2) is 12.6. The van der Waals surface area contributed by atoms with Crippen molar-refractivity contribution in [2.24, 2.45) is 11.8 Å². The van der Waals surface area contributed by atoms with E-state index in [0.29, 0.717) is 6.61 Å². The zero-order valence-electron chi connectivity index (χ0n) is 22.5. The smallest absolute Gasteiger partial charge is 0.407 e. The van der Waals surface area contributed by atoms with Gasteiger partial charge in [0.1, 0.15) is 11.9 Å². The van der Waals surface area contributed by atoms with E-state index in [-0.39, 0.29) is 54.9 Å². The van der Waals surface area contributed by atoms with Crippen molar-refractivity contribution in [2.45, 2.75) is 63.0 Å². The van der Waals surface area contributed by atoms with Crippen molar-refractivity contribution in [3.8, 4) is 5.75 Å². The number of sulfonamides is 1. The maximum atomic E-state index is 13.6. The van der Waals surface area contributed by atoms with Crippen molar-refractivity contribution in [3.63, 3.8) is 0 Å². The number of alkyl carbamates (subject to hydrolysis) is 1. The summed E-state index contributed by atoms with van der Waals surface area (Å²) in [5.41, 5.74) is 1.55. The van der Waals surface area contributed by atoms with Crippen LogP contribution in [0, 0.1) is 18.8 Å². The molecule has 0 radical (unpaired) electrons. The lowest BCUT2D eigenvalue weighted by atomic mass is 10.0. The number of aliphatic hydroxyl groups is 1. The monoisotopic (exact) mass is 562 g/mol. The van der Waals surface area contributed by atoms with E-state index in [4.69, 9.17) is 14.2 Å². The number of carbonyl (C=O) groups excluding carboxylic acids is 1. The Bertz CT molecular complexity index is 1220. The largest absolute Gasteiger partial charge is 0.508 e. The molecule has 2 aliphatic rings. The SMILES string of the molecule is Cc1cccc(S(=O)(=O)N(CC(C)C)C[C@@H](O)[C@H](Cc2ccc(O)cc2)NC(=O)O[C@H]2CO[C@H]3OCC[C@H]32)c1. The van der Waals surface area contributed by atoms with E-state index in [1.54, 1.807) is 24.3 Å². The minimum Gasteiger partial charge on any atom is -0.508 e. The number of fused-ring (bicyclic) bond motifs is 1. The quantitative estimate of drug-likeness (QED) is 0.381. The van der Waals surface area contributed by atoms with E-state index < -0.39 is 34.4 Å². The van der Waals surface area contributed by atoms with Gasteiger partial charge in [-0.3, -0.25) is 0 Å². The number of amides is 1. The maximum Gasteiger partial charge on any atom is 0.407 e. The van der Waals surface area contributed by atoms with Crippen molar-refractivity contribution in [1.82, 2.24) is 9.62 Å². The number of hydrogen-bond donors (Lipinski definition) is 3. The lowest BCUT2D eigenvalue weighted by Crippen LogP contribution is -2.51. The fourth-order valence-electron chi connectivity index (χ4n) is 4.98. The molecule has 2 aliphatic heterocycles. The highest BCUT2D eigenvalue weighted by atomic mass is 32.2. The van der Waals surface area contributed by atoms with E-state index in [0.717, 1.165) is 17.5 Å². The second-order valence-electron chi connectivity index (χ2n) is 10.7. The molecule has 10 nitrogen and oxygen atoms in total. The average molecular weight is 563 g/mol. The summed E-state index contributed by atoms with van der Waals surface area (Å²) in [6.45, 7) is 6.34. The third-order valence-electron chi connectivity index (χ3n) is 6.99. The van der Waals surface area contributed by atoms with Crippen LogP contribution in [0.3, 0.4) is 0 Å². The summed E-state index contributed by atoms with van der Waals surface area (Å²) in [6, 6.07) is 12.2. The fraction of sp³-hybridized carbons (Fsp3) is 0.536. The number of aromatic hydroxyl groups is 1. The van der Waals surface area contributed by atoms with Crippen molar-refractivity contribution < 1.29 is 37.6 Å². The Morgan fingerprint density at radius 1 is 1.15 bits per heavy atom. The molecule has 0 saturated carbocycles. The van der Waals surface area contributed by atoms with Crippen molar-refractivity contribution >= 4 is 16.1 Å². The first-order valence-electron chi connectivity index (χ1n) is 13.3. The van der Waals surface area contributed by atoms with Gasteiger partial charge in [0.15, 0.2) is 6.29 Å². The Labute approximate surface area is 229 Å². The van der Waals surface area contributed by atoms with Crippen LogP contribution in [0.25, 0.3) is 0 Å². The molecule has 214 valence electrons. The van der Waals surface area contributed by atoms with Crippen LogP contribution in [0.15, 0.2) is 53.4 Å². The molecular weight excluding hydrogens is 524 g/mol. The molecule has 0 unspecified atom stereocenters. The van der Waals surface area contributed by atoms with Crippen LogP contribution in [-0.2, 0) is 30.7 Å². The third-order valence-corrected chi connectivity index (χ3v) is 8.82. The standard InChI is InChI=1S/C28H38N2O8S/c1-18(2)15-30(39(34,35)22-6-4-5-19(3)13-22)16-25(32)24(14-20-7-9-21(31)10-8-20)29-28(33)38-26-17-37-27-23(26)11-12-36-27/h4-10,13,18,23-27,31-32H,11-12,14-17H2,1-3H3,(H,29,33)/t23-,24-,25+,26-,27+/m0/s1. The van der Waals surface area contributed by atoms with Crippen LogP contribution in [0.2, 0.25) is 0 Å². The van der Waals surface area contributed by atoms with Gasteiger partial charge in [0.05, 0.1) is 36.2 Å². The summed E-state index contributed by atoms with van der Waals surface area (Å²) in [4.78, 5) is 13.1. The van der Waals surface area contributed by atoms with Gasteiger partial charge < -0.3 is 29.7 Å². The van der Waals surface area contributed by atoms with E-state index in [9.17, 15) is 23.4 Å². The number of hydrogen-bond acceptors (Lipinski definition) is 8. The molecular formula is C28H38N2O8S. The zero-order valence-corrected chi connectivity index (χ0v) is 23.3. The number of nitrogens with zero attached hydrogens (tertiary/aromatic N) is 1. The number of aryl methyl sites for hydroxylation is 1. The summed E-state index contributed by atoms with van der Waals surface area (Å²) in [7, 11) is -3.92. The van der Waals surface area contributed by atoms with Crippen LogP contribution in [0.1, 0.15) is 31.4 Å². The van der Waals surface area contributed by atoms with Gasteiger partial charge in [-0.05, 0) is 61.1 Å². The summed E-state index contributed by atoms with van der Waals surface area (Å²) < 4.78 is 45.1. The Morgan fingerprint density at radius 3 is 2.59 bits per heavy atom. The molecule has 0 aliphatic carbocycles. The number of carbonyl (C=O) groups is 1. The average Bonchev–Trinajstić information content (AvgIpc) is 3.49. The highest BCUT2D eigenvalue weighted by molar-refractivity contribution is 7.89. The Hall–Kier alpha value is -2.70. The lowest BCUT2D eigenvalue weighted by molar-refractivity contribution is -0.0907. The Balaban J connectivity index is 1.52. The molecule has 2 saturated heterocycles. The Kier molecular flexibility index (Phi) is 9.50. The number of aliphatic hydroxyl groups excluding tert-OH is 1. The van der Waals surface area contributed by atoms with Gasteiger partial charge in [0.25, 0.3) is 0 Å². The molecule has 0 bridgehead atoms. The van der Waals surface area contributed by atoms with Crippen LogP contribution in [0.5, 0.6) is 5.75 Å². The molecule has 2 aromatic carbocycles. The first-order chi connectivity index (χ1) is 18.5. The van der Waals surface area contributed by atoms with Crippen molar-refractivity contribution in [3.05, 3.63) is 59.7 Å². The number of ether oxygens (including phenoxy) is 3. The van der Waals surface area contributed by atoms with Gasteiger partial charge >= 0.3 is 6.09 Å². The normalized spacial score (nSPS) is 22.6. The summed E-state index contributed by atoms with van der Waals surface area (Å²) in [5.74, 6) is 0.0385. The summed E-state index contributed by atoms with van der Waals surface area (Å²) >= 11 is 0. The van der Waals surface area contributed by atoms with Crippen molar-refractivity contribution in [2.75, 3.05) is 26.3 Å². The first kappa shape index (κ1) is 29.3. The molecule has 11 heteroatoms. The predicted octanol–water partition coefficient (Wildman–Crippen LogP) is 2.81. The number of benzene rings is 2. The van der Waals surface area contributed by atoms with Gasteiger partial charge in [0, 0.05) is 13.1 Å². The topological polar surface area (TPSA) is 135 Å². The molecule has 4 rings (SSSR count). The number of phenols is 1. The van der Waals surface area contributed by atoms with Crippen LogP contribution in [0.4, 0.5) is 4.79 Å². The van der Waals surface area contributed by atoms with Crippen molar-refractivity contribution in [1.29, 1.82) is 0 Å². The van der Waals surface area contributed by atoms with E-state index in [1.807, 2.05) is 26.8 Å². The van der Waals surface area contributed by atoms with E-state index in [2.05, 4.69) is 5.32 Å². The van der Waals surface area contributed by atoms with Gasteiger partial charge in [-0.1, -0.05) is 38.1 Å². The first-order valence-corrected chi connectivity index (χ1v) is 14.7. The van der Waals surface area contributed by atoms with Gasteiger partial charge in [-0.15, -0.1) is 0 Å². The maximum absolute atomic E-state index is 13.6. The molecule has 2 aromatic rings. The molecule has 2 heterocycles. The van der Waals surface area contributed by atoms with Crippen LogP contribution in [-0.4, -0.2) is 79.9 Å². The summed E-state index contributed by atoms with van der Waals surface area (Å²) in [5, 5.41) is 23.8. The van der Waals surface area contributed by atoms with Gasteiger partial charge in [-0.2, -0.15) is 4.31 Å². The second-order valence-corrected chi connectivity index (χ2v) is 12.6. The molecule has 3 N–H and O–H groups in total. The molecule has 5 atom stereocenters. The van der Waals surface area contributed by atoms with Gasteiger partial charge in [0.2, 0.25) is 10.0 Å². The summed E-state index contributed by atoms with van der Waals surface area (Å²) in [6.07, 6.45) is -1.92. The number of rotatable bonds is 11. The zero-order chi connectivity index (χ0) is 28.2. The van der Waals surface area contributed by atoms with Crippen LogP contribution < -0.4 is 5.32 Å². The van der Waals surface area contributed by atoms with E-state index in [1.165, 1.54) is 22.5 Å².